The molecule has 0 radical (unpaired) electrons. The Labute approximate surface area is 161 Å². The van der Waals surface area contributed by atoms with E-state index in [9.17, 15) is 4.79 Å². The minimum atomic E-state index is -0.201. The fourth-order valence-corrected chi connectivity index (χ4v) is 3.56. The van der Waals surface area contributed by atoms with E-state index in [4.69, 9.17) is 23.2 Å². The molecule has 2 aliphatic rings. The van der Waals surface area contributed by atoms with Crippen LogP contribution in [0.4, 0.5) is 4.79 Å². The molecule has 1 atom stereocenters. The molecule has 2 heterocycles. The first-order valence-corrected chi connectivity index (χ1v) is 9.09. The van der Waals surface area contributed by atoms with Crippen LogP contribution in [0.2, 0.25) is 10.0 Å². The molecule has 1 unspecified atom stereocenters. The van der Waals surface area contributed by atoms with Crippen molar-refractivity contribution in [3.63, 3.8) is 0 Å². The lowest BCUT2D eigenvalue weighted by Gasteiger charge is -2.35. The first-order valence-electron chi connectivity index (χ1n) is 8.33. The van der Waals surface area contributed by atoms with E-state index >= 15 is 0 Å². The van der Waals surface area contributed by atoms with E-state index in [0.717, 1.165) is 28.0 Å². The van der Waals surface area contributed by atoms with Crippen molar-refractivity contribution in [2.75, 3.05) is 13.1 Å². The highest BCUT2D eigenvalue weighted by Gasteiger charge is 2.31. The van der Waals surface area contributed by atoms with Gasteiger partial charge in [0.15, 0.2) is 0 Å². The molecule has 0 saturated heterocycles. The predicted octanol–water partition coefficient (Wildman–Crippen LogP) is 4.29. The van der Waals surface area contributed by atoms with Gasteiger partial charge in [-0.1, -0.05) is 47.5 Å². The van der Waals surface area contributed by atoms with Gasteiger partial charge in [-0.25, -0.2) is 4.79 Å². The van der Waals surface area contributed by atoms with Crippen molar-refractivity contribution in [3.05, 3.63) is 86.5 Å². The number of amides is 2. The maximum absolute atomic E-state index is 12.3. The first-order chi connectivity index (χ1) is 12.6. The van der Waals surface area contributed by atoms with Gasteiger partial charge in [-0.3, -0.25) is 0 Å². The molecule has 26 heavy (non-hydrogen) atoms. The Morgan fingerprint density at radius 2 is 1.58 bits per heavy atom. The molecule has 2 amide bonds. The summed E-state index contributed by atoms with van der Waals surface area (Å²) in [6, 6.07) is 14.8. The number of benzene rings is 2. The molecule has 3 N–H and O–H groups in total. The standard InChI is InChI=1S/C20H17Cl2N3O/c21-15-5-1-12(2-6-15)9-14-10-23-11-17-18(24-20(26)25-19(14)17)13-3-7-16(22)8-4-13/h1-9,18,23H,10-11H2,(H2,24,25,26)/b14-9+. The van der Waals surface area contributed by atoms with Crippen LogP contribution in [0.5, 0.6) is 0 Å². The fourth-order valence-electron chi connectivity index (χ4n) is 3.31. The molecule has 132 valence electrons. The lowest BCUT2D eigenvalue weighted by Crippen LogP contribution is -2.49. The molecule has 4 rings (SSSR count). The van der Waals surface area contributed by atoms with E-state index in [1.807, 2.05) is 48.5 Å². The van der Waals surface area contributed by atoms with Gasteiger partial charge in [0.05, 0.1) is 6.04 Å². The largest absolute Gasteiger partial charge is 0.327 e. The second kappa shape index (κ2) is 7.16. The van der Waals surface area contributed by atoms with Gasteiger partial charge < -0.3 is 16.0 Å². The molecule has 2 aliphatic heterocycles. The molecular formula is C20H17Cl2N3O. The monoisotopic (exact) mass is 385 g/mol. The SMILES string of the molecule is O=C1NC2=C(CNC/C2=C\c2ccc(Cl)cc2)C(c2ccc(Cl)cc2)N1. The molecule has 0 fully saturated rings. The molecule has 4 nitrogen and oxygen atoms in total. The summed E-state index contributed by atoms with van der Waals surface area (Å²) in [6.45, 7) is 1.39. The minimum absolute atomic E-state index is 0.183. The molecule has 2 aromatic carbocycles. The number of carbonyl (C=O) groups is 1. The second-order valence-electron chi connectivity index (χ2n) is 6.31. The van der Waals surface area contributed by atoms with E-state index < -0.39 is 0 Å². The van der Waals surface area contributed by atoms with Crippen molar-refractivity contribution in [1.82, 2.24) is 16.0 Å². The van der Waals surface area contributed by atoms with Crippen LogP contribution in [-0.4, -0.2) is 19.1 Å². The number of carbonyl (C=O) groups excluding carboxylic acids is 1. The summed E-state index contributed by atoms with van der Waals surface area (Å²) in [5.74, 6) is 0. The lowest BCUT2D eigenvalue weighted by molar-refractivity contribution is 0.238. The van der Waals surface area contributed by atoms with Crippen molar-refractivity contribution in [2.24, 2.45) is 0 Å². The third-order valence-electron chi connectivity index (χ3n) is 4.55. The number of nitrogens with one attached hydrogen (secondary N) is 3. The lowest BCUT2D eigenvalue weighted by atomic mass is 9.90. The van der Waals surface area contributed by atoms with Crippen molar-refractivity contribution in [1.29, 1.82) is 0 Å². The summed E-state index contributed by atoms with van der Waals surface area (Å²) < 4.78 is 0. The molecule has 2 aromatic rings. The Morgan fingerprint density at radius 1 is 0.923 bits per heavy atom. The number of urea groups is 1. The van der Waals surface area contributed by atoms with Crippen molar-refractivity contribution < 1.29 is 4.79 Å². The average molecular weight is 386 g/mol. The van der Waals surface area contributed by atoms with E-state index in [0.29, 0.717) is 23.1 Å². The van der Waals surface area contributed by atoms with Gasteiger partial charge in [0.1, 0.15) is 0 Å². The summed E-state index contributed by atoms with van der Waals surface area (Å²) in [6.07, 6.45) is 2.07. The molecule has 0 saturated carbocycles. The van der Waals surface area contributed by atoms with E-state index in [2.05, 4.69) is 22.0 Å². The maximum Gasteiger partial charge on any atom is 0.319 e. The quantitative estimate of drug-likeness (QED) is 0.722. The summed E-state index contributed by atoms with van der Waals surface area (Å²) >= 11 is 12.0. The molecular weight excluding hydrogens is 369 g/mol. The van der Waals surface area contributed by atoms with Gasteiger partial charge in [0.2, 0.25) is 0 Å². The summed E-state index contributed by atoms with van der Waals surface area (Å²) in [5, 5.41) is 10.8. The van der Waals surface area contributed by atoms with Crippen LogP contribution in [-0.2, 0) is 0 Å². The highest BCUT2D eigenvalue weighted by Crippen LogP contribution is 2.32. The average Bonchev–Trinajstić information content (AvgIpc) is 2.64. The summed E-state index contributed by atoms with van der Waals surface area (Å²) in [5.41, 5.74) is 5.09. The Balaban J connectivity index is 1.75. The van der Waals surface area contributed by atoms with Gasteiger partial charge in [-0.05, 0) is 52.6 Å². The molecule has 6 heteroatoms. The fraction of sp³-hybridized carbons (Fsp3) is 0.150. The van der Waals surface area contributed by atoms with Gasteiger partial charge >= 0.3 is 6.03 Å². The number of halogens is 2. The van der Waals surface area contributed by atoms with E-state index in [1.54, 1.807) is 0 Å². The molecule has 0 bridgehead atoms. The van der Waals surface area contributed by atoms with Crippen LogP contribution < -0.4 is 16.0 Å². The second-order valence-corrected chi connectivity index (χ2v) is 7.18. The molecule has 0 spiro atoms. The van der Waals surface area contributed by atoms with Crippen LogP contribution in [0.1, 0.15) is 17.2 Å². The van der Waals surface area contributed by atoms with Gasteiger partial charge in [-0.2, -0.15) is 0 Å². The Kier molecular flexibility index (Phi) is 4.72. The highest BCUT2D eigenvalue weighted by atomic mass is 35.5. The first kappa shape index (κ1) is 17.2. The van der Waals surface area contributed by atoms with Crippen LogP contribution in [0.25, 0.3) is 6.08 Å². The number of rotatable bonds is 2. The smallest absolute Gasteiger partial charge is 0.319 e. The Hall–Kier alpha value is -2.27. The highest BCUT2D eigenvalue weighted by molar-refractivity contribution is 6.30. The van der Waals surface area contributed by atoms with Crippen LogP contribution >= 0.6 is 23.2 Å². The van der Waals surface area contributed by atoms with Crippen molar-refractivity contribution in [2.45, 2.75) is 6.04 Å². The topological polar surface area (TPSA) is 53.2 Å². The maximum atomic E-state index is 12.3. The normalized spacial score (nSPS) is 21.2. The van der Waals surface area contributed by atoms with Crippen molar-refractivity contribution >= 4 is 35.3 Å². The minimum Gasteiger partial charge on any atom is -0.327 e. The van der Waals surface area contributed by atoms with Crippen LogP contribution in [0, 0.1) is 0 Å². The van der Waals surface area contributed by atoms with Crippen LogP contribution in [0.3, 0.4) is 0 Å². The molecule has 0 aromatic heterocycles. The predicted molar refractivity (Wildman–Crippen MR) is 105 cm³/mol. The van der Waals surface area contributed by atoms with Gasteiger partial charge in [0.25, 0.3) is 0 Å². The molecule has 0 aliphatic carbocycles. The van der Waals surface area contributed by atoms with Crippen LogP contribution in [0.15, 0.2) is 65.4 Å². The number of hydrogen-bond donors (Lipinski definition) is 3. The van der Waals surface area contributed by atoms with Gasteiger partial charge in [0, 0.05) is 28.8 Å². The third-order valence-corrected chi connectivity index (χ3v) is 5.05. The van der Waals surface area contributed by atoms with Gasteiger partial charge in [-0.15, -0.1) is 0 Å². The van der Waals surface area contributed by atoms with E-state index in [1.165, 1.54) is 0 Å². The third kappa shape index (κ3) is 3.49. The Bertz CT molecular complexity index is 902. The zero-order chi connectivity index (χ0) is 18.1. The zero-order valence-electron chi connectivity index (χ0n) is 13.9. The van der Waals surface area contributed by atoms with E-state index in [-0.39, 0.29) is 12.1 Å². The number of hydrogen-bond acceptors (Lipinski definition) is 2. The van der Waals surface area contributed by atoms with Crippen molar-refractivity contribution in [3.8, 4) is 0 Å². The summed E-state index contributed by atoms with van der Waals surface area (Å²) in [4.78, 5) is 12.3. The summed E-state index contributed by atoms with van der Waals surface area (Å²) in [7, 11) is 0. The Morgan fingerprint density at radius 3 is 2.27 bits per heavy atom. The zero-order valence-corrected chi connectivity index (χ0v) is 15.4.